The van der Waals surface area contributed by atoms with E-state index < -0.39 is 10.0 Å². The number of nitrogens with zero attached hydrogens (tertiary/aromatic N) is 2. The largest absolute Gasteiger partial charge is 0.341 e. The summed E-state index contributed by atoms with van der Waals surface area (Å²) in [6.07, 6.45) is 2.03. The highest BCUT2D eigenvalue weighted by molar-refractivity contribution is 7.92. The van der Waals surface area contributed by atoms with Crippen LogP contribution in [0.25, 0.3) is 0 Å². The lowest BCUT2D eigenvalue weighted by Crippen LogP contribution is -2.46. The maximum atomic E-state index is 13.4. The van der Waals surface area contributed by atoms with E-state index in [0.29, 0.717) is 35.3 Å². The fourth-order valence-electron chi connectivity index (χ4n) is 3.56. The monoisotopic (exact) mass is 420 g/mol. The van der Waals surface area contributed by atoms with Crippen molar-refractivity contribution in [2.45, 2.75) is 31.6 Å². The fourth-order valence-corrected chi connectivity index (χ4v) is 5.28. The first-order chi connectivity index (χ1) is 13.3. The molecule has 3 rings (SSSR count). The molecule has 0 bridgehead atoms. The maximum absolute atomic E-state index is 13.4. The van der Waals surface area contributed by atoms with Crippen LogP contribution in [0, 0.1) is 12.8 Å². The number of rotatable bonds is 5. The molecule has 1 fully saturated rings. The van der Waals surface area contributed by atoms with Gasteiger partial charge in [0.25, 0.3) is 10.0 Å². The third-order valence-corrected chi connectivity index (χ3v) is 7.06. The van der Waals surface area contributed by atoms with Crippen molar-refractivity contribution in [2.24, 2.45) is 5.92 Å². The molecule has 0 unspecified atom stereocenters. The number of benzene rings is 2. The van der Waals surface area contributed by atoms with Gasteiger partial charge in [0.2, 0.25) is 5.91 Å². The van der Waals surface area contributed by atoms with Gasteiger partial charge in [-0.2, -0.15) is 0 Å². The van der Waals surface area contributed by atoms with E-state index in [-0.39, 0.29) is 17.3 Å². The molecule has 1 atom stereocenters. The number of halogens is 1. The van der Waals surface area contributed by atoms with Gasteiger partial charge in [-0.15, -0.1) is 0 Å². The summed E-state index contributed by atoms with van der Waals surface area (Å²) in [6, 6.07) is 13.2. The van der Waals surface area contributed by atoms with Crippen LogP contribution in [0.5, 0.6) is 0 Å². The molecule has 0 radical (unpaired) electrons. The first kappa shape index (κ1) is 20.7. The topological polar surface area (TPSA) is 57.7 Å². The molecule has 0 N–H and O–H groups in total. The summed E-state index contributed by atoms with van der Waals surface area (Å²) in [4.78, 5) is 14.9. The minimum atomic E-state index is -3.89. The number of aryl methyl sites for hydroxylation is 1. The number of piperidine rings is 1. The Morgan fingerprint density at radius 1 is 1.21 bits per heavy atom. The van der Waals surface area contributed by atoms with Crippen LogP contribution in [0.3, 0.4) is 0 Å². The Morgan fingerprint density at radius 3 is 2.57 bits per heavy atom. The van der Waals surface area contributed by atoms with Gasteiger partial charge < -0.3 is 4.90 Å². The number of hydrogen-bond donors (Lipinski definition) is 0. The molecule has 1 amide bonds. The Kier molecular flexibility index (Phi) is 6.30. The number of carbonyl (C=O) groups excluding carboxylic acids is 1. The van der Waals surface area contributed by atoms with E-state index in [0.717, 1.165) is 12.8 Å². The SMILES string of the molecule is Cc1cc(Cl)ccc1N(CC(=O)N1CCC[C@@H](C)C1)S(=O)(=O)c1ccccc1. The zero-order valence-electron chi connectivity index (χ0n) is 16.1. The smallest absolute Gasteiger partial charge is 0.264 e. The summed E-state index contributed by atoms with van der Waals surface area (Å²) >= 11 is 6.05. The fraction of sp³-hybridized carbons (Fsp3) is 0.381. The number of anilines is 1. The van der Waals surface area contributed by atoms with Crippen molar-refractivity contribution < 1.29 is 13.2 Å². The first-order valence-corrected chi connectivity index (χ1v) is 11.2. The molecular weight excluding hydrogens is 396 g/mol. The van der Waals surface area contributed by atoms with Crippen LogP contribution in [0.2, 0.25) is 5.02 Å². The van der Waals surface area contributed by atoms with E-state index in [1.54, 1.807) is 60.4 Å². The normalized spacial score (nSPS) is 17.4. The Labute approximate surface area is 172 Å². The lowest BCUT2D eigenvalue weighted by molar-refractivity contribution is -0.131. The van der Waals surface area contributed by atoms with Crippen molar-refractivity contribution in [1.29, 1.82) is 0 Å². The van der Waals surface area contributed by atoms with Crippen molar-refractivity contribution in [3.05, 3.63) is 59.1 Å². The standard InChI is InChI=1S/C21H25ClN2O3S/c1-16-7-6-12-23(14-16)21(25)15-24(20-11-10-18(22)13-17(20)2)28(26,27)19-8-4-3-5-9-19/h3-5,8-11,13,16H,6-7,12,14-15H2,1-2H3/t16-/m1/s1. The average molecular weight is 421 g/mol. The Hall–Kier alpha value is -2.05. The predicted octanol–water partition coefficient (Wildman–Crippen LogP) is 4.10. The van der Waals surface area contributed by atoms with Crippen molar-refractivity contribution >= 4 is 33.2 Å². The summed E-state index contributed by atoms with van der Waals surface area (Å²) in [7, 11) is -3.89. The van der Waals surface area contributed by atoms with Crippen LogP contribution in [-0.2, 0) is 14.8 Å². The van der Waals surface area contributed by atoms with Gasteiger partial charge in [-0.1, -0.05) is 36.7 Å². The second-order valence-electron chi connectivity index (χ2n) is 7.34. The Balaban J connectivity index is 1.98. The molecule has 0 aromatic heterocycles. The van der Waals surface area contributed by atoms with Crippen molar-refractivity contribution in [2.75, 3.05) is 23.9 Å². The van der Waals surface area contributed by atoms with Crippen LogP contribution < -0.4 is 4.31 Å². The zero-order chi connectivity index (χ0) is 20.3. The van der Waals surface area contributed by atoms with E-state index in [4.69, 9.17) is 11.6 Å². The third kappa shape index (κ3) is 4.50. The van der Waals surface area contributed by atoms with Crippen LogP contribution in [-0.4, -0.2) is 38.9 Å². The maximum Gasteiger partial charge on any atom is 0.264 e. The summed E-state index contributed by atoms with van der Waals surface area (Å²) in [5.74, 6) is 0.245. The molecule has 150 valence electrons. The minimum absolute atomic E-state index is 0.157. The lowest BCUT2D eigenvalue weighted by Gasteiger charge is -2.33. The summed E-state index contributed by atoms with van der Waals surface area (Å²) in [5.41, 5.74) is 1.17. The van der Waals surface area contributed by atoms with Gasteiger partial charge in [0, 0.05) is 18.1 Å². The third-order valence-electron chi connectivity index (χ3n) is 5.05. The molecule has 1 saturated heterocycles. The number of hydrogen-bond acceptors (Lipinski definition) is 3. The lowest BCUT2D eigenvalue weighted by atomic mass is 10.0. The van der Waals surface area contributed by atoms with Gasteiger partial charge in [-0.25, -0.2) is 8.42 Å². The van der Waals surface area contributed by atoms with Crippen LogP contribution in [0.4, 0.5) is 5.69 Å². The molecule has 28 heavy (non-hydrogen) atoms. The molecule has 0 saturated carbocycles. The van der Waals surface area contributed by atoms with E-state index in [9.17, 15) is 13.2 Å². The van der Waals surface area contributed by atoms with E-state index >= 15 is 0 Å². The highest BCUT2D eigenvalue weighted by Crippen LogP contribution is 2.29. The molecule has 1 aliphatic heterocycles. The molecule has 0 aliphatic carbocycles. The second kappa shape index (κ2) is 8.53. The summed E-state index contributed by atoms with van der Waals surface area (Å²) in [5, 5.41) is 0.523. The van der Waals surface area contributed by atoms with Gasteiger partial charge in [0.1, 0.15) is 6.54 Å². The van der Waals surface area contributed by atoms with Crippen LogP contribution in [0.15, 0.2) is 53.4 Å². The molecular formula is C21H25ClN2O3S. The van der Waals surface area contributed by atoms with Crippen molar-refractivity contribution in [1.82, 2.24) is 4.90 Å². The van der Waals surface area contributed by atoms with Gasteiger partial charge in [-0.05, 0) is 61.6 Å². The Morgan fingerprint density at radius 2 is 1.93 bits per heavy atom. The predicted molar refractivity (Wildman–Crippen MR) is 112 cm³/mol. The molecule has 1 aliphatic rings. The summed E-state index contributed by atoms with van der Waals surface area (Å²) in [6.45, 7) is 5.01. The molecule has 2 aromatic carbocycles. The average Bonchev–Trinajstić information content (AvgIpc) is 2.67. The molecule has 2 aromatic rings. The van der Waals surface area contributed by atoms with Crippen molar-refractivity contribution in [3.63, 3.8) is 0 Å². The molecule has 1 heterocycles. The number of amides is 1. The summed E-state index contributed by atoms with van der Waals surface area (Å²) < 4.78 is 28.0. The molecule has 0 spiro atoms. The minimum Gasteiger partial charge on any atom is -0.341 e. The number of likely N-dealkylation sites (tertiary alicyclic amines) is 1. The molecule has 5 nitrogen and oxygen atoms in total. The van der Waals surface area contributed by atoms with Crippen molar-refractivity contribution in [3.8, 4) is 0 Å². The quantitative estimate of drug-likeness (QED) is 0.731. The van der Waals surface area contributed by atoms with E-state index in [1.165, 1.54) is 4.31 Å². The highest BCUT2D eigenvalue weighted by atomic mass is 35.5. The molecule has 7 heteroatoms. The second-order valence-corrected chi connectivity index (χ2v) is 9.64. The highest BCUT2D eigenvalue weighted by Gasteiger charge is 2.31. The van der Waals surface area contributed by atoms with Gasteiger partial charge in [0.05, 0.1) is 10.6 Å². The zero-order valence-corrected chi connectivity index (χ0v) is 17.7. The van der Waals surface area contributed by atoms with Gasteiger partial charge in [-0.3, -0.25) is 9.10 Å². The first-order valence-electron chi connectivity index (χ1n) is 9.41. The van der Waals surface area contributed by atoms with E-state index in [2.05, 4.69) is 6.92 Å². The van der Waals surface area contributed by atoms with Crippen LogP contribution in [0.1, 0.15) is 25.3 Å². The number of sulfonamides is 1. The Bertz CT molecular complexity index is 947. The van der Waals surface area contributed by atoms with E-state index in [1.807, 2.05) is 0 Å². The number of carbonyl (C=O) groups is 1. The van der Waals surface area contributed by atoms with Crippen LogP contribution >= 0.6 is 11.6 Å². The van der Waals surface area contributed by atoms with Gasteiger partial charge in [0.15, 0.2) is 0 Å². The van der Waals surface area contributed by atoms with Gasteiger partial charge >= 0.3 is 0 Å².